The fourth-order valence-electron chi connectivity index (χ4n) is 0.410. The van der Waals surface area contributed by atoms with Crippen molar-refractivity contribution in [1.82, 2.24) is 0 Å². The highest BCUT2D eigenvalue weighted by Gasteiger charge is 2.04. The first-order valence-corrected chi connectivity index (χ1v) is 8.07. The van der Waals surface area contributed by atoms with E-state index in [2.05, 4.69) is 14.1 Å². The van der Waals surface area contributed by atoms with E-state index in [1.54, 1.807) is 0 Å². The summed E-state index contributed by atoms with van der Waals surface area (Å²) in [7, 11) is 0. The lowest BCUT2D eigenvalue weighted by Gasteiger charge is -2.10. The van der Waals surface area contributed by atoms with Gasteiger partial charge in [-0.15, -0.1) is 23.2 Å². The Balaban J connectivity index is 3.09. The van der Waals surface area contributed by atoms with Gasteiger partial charge in [0.1, 0.15) is 0 Å². The van der Waals surface area contributed by atoms with E-state index in [1.165, 1.54) is 0 Å². The predicted molar refractivity (Wildman–Crippen MR) is 50.7 cm³/mol. The number of ether oxygens (including phenoxy) is 1. The summed E-state index contributed by atoms with van der Waals surface area (Å²) < 4.78 is 5.31. The zero-order chi connectivity index (χ0) is 7.82. The van der Waals surface area contributed by atoms with Gasteiger partial charge in [-0.1, -0.05) is 5.28 Å². The van der Waals surface area contributed by atoms with Gasteiger partial charge in [0.25, 0.3) is 0 Å². The van der Waals surface area contributed by atoms with Crippen LogP contribution < -0.4 is 0 Å². The van der Waals surface area contributed by atoms with Crippen LogP contribution >= 0.6 is 37.3 Å². The van der Waals surface area contributed by atoms with E-state index in [4.69, 9.17) is 27.9 Å². The molecule has 0 aromatic rings. The van der Waals surface area contributed by atoms with Crippen molar-refractivity contribution >= 4 is 50.6 Å². The third-order valence-corrected chi connectivity index (χ3v) is 3.44. The van der Waals surface area contributed by atoms with E-state index in [0.29, 0.717) is 25.2 Å². The van der Waals surface area contributed by atoms with Gasteiger partial charge in [0.2, 0.25) is 0 Å². The number of halogens is 3. The summed E-state index contributed by atoms with van der Waals surface area (Å²) >= 11 is 14.8. The van der Waals surface area contributed by atoms with Gasteiger partial charge >= 0.3 is 13.4 Å². The van der Waals surface area contributed by atoms with Gasteiger partial charge in [-0.05, 0) is 0 Å². The van der Waals surface area contributed by atoms with Gasteiger partial charge in [-0.25, -0.2) is 14.1 Å². The minimum Gasteiger partial charge on any atom is -0.377 e. The molecule has 1 radical (unpaired) electrons. The number of alkyl halides is 2. The smallest absolute Gasteiger partial charge is 0.319 e. The Hall–Kier alpha value is 1.55. The normalized spacial score (nSPS) is 10.4. The molecular formula is C5H9AlBrCl2O. The lowest BCUT2D eigenvalue weighted by atomic mass is 10.5. The van der Waals surface area contributed by atoms with Gasteiger partial charge in [-0.3, -0.25) is 0 Å². The molecule has 0 N–H and O–H groups in total. The van der Waals surface area contributed by atoms with Crippen LogP contribution in [0.4, 0.5) is 0 Å². The Bertz CT molecular complexity index is 72.7. The maximum Gasteiger partial charge on any atom is 0.319 e. The first kappa shape index (κ1) is 11.6. The first-order valence-electron chi connectivity index (χ1n) is 3.00. The summed E-state index contributed by atoms with van der Waals surface area (Å²) in [5.74, 6) is 0.974. The number of hydrogen-bond acceptors (Lipinski definition) is 1. The largest absolute Gasteiger partial charge is 0.377 e. The second kappa shape index (κ2) is 8.65. The molecule has 0 aromatic carbocycles. The van der Waals surface area contributed by atoms with Gasteiger partial charge in [-0.2, -0.15) is 0 Å². The highest BCUT2D eigenvalue weighted by molar-refractivity contribution is 9.23. The van der Waals surface area contributed by atoms with Crippen LogP contribution in [0.5, 0.6) is 0 Å². The maximum absolute atomic E-state index is 5.53. The van der Waals surface area contributed by atoms with Crippen LogP contribution in [0.1, 0.15) is 0 Å². The van der Waals surface area contributed by atoms with Crippen LogP contribution in [-0.4, -0.2) is 37.9 Å². The lowest BCUT2D eigenvalue weighted by Crippen LogP contribution is -2.17. The summed E-state index contributed by atoms with van der Waals surface area (Å²) in [5, 5.41) is 1.09. The van der Waals surface area contributed by atoms with E-state index in [9.17, 15) is 0 Å². The van der Waals surface area contributed by atoms with Crippen LogP contribution in [0.2, 0.25) is 5.28 Å². The standard InChI is InChI=1S/C5H9Cl2O.Al.BrH/c1-2-8-5(3-6)4-7;;/h5H,1-4H2;;1H/q;+1;/p-1. The van der Waals surface area contributed by atoms with Gasteiger partial charge in [0.15, 0.2) is 0 Å². The van der Waals surface area contributed by atoms with Gasteiger partial charge in [0.05, 0.1) is 6.10 Å². The number of hydrogen-bond donors (Lipinski definition) is 0. The Kier molecular flexibility index (Phi) is 9.99. The zero-order valence-corrected chi connectivity index (χ0v) is 9.78. The van der Waals surface area contributed by atoms with Crippen molar-refractivity contribution in [2.24, 2.45) is 0 Å². The molecule has 0 saturated heterocycles. The Morgan fingerprint density at radius 3 is 2.40 bits per heavy atom. The molecule has 5 heteroatoms. The van der Waals surface area contributed by atoms with Crippen molar-refractivity contribution in [1.29, 1.82) is 0 Å². The minimum absolute atomic E-state index is 0.0294. The molecule has 0 heterocycles. The third kappa shape index (κ3) is 6.27. The van der Waals surface area contributed by atoms with E-state index in [1.807, 2.05) is 0 Å². The molecule has 0 aliphatic heterocycles. The van der Waals surface area contributed by atoms with Crippen molar-refractivity contribution in [3.05, 3.63) is 0 Å². The summed E-state index contributed by atoms with van der Waals surface area (Å²) in [6.07, 6.45) is 0.0294. The monoisotopic (exact) mass is 261 g/mol. The predicted octanol–water partition coefficient (Wildman–Crippen LogP) is 2.28. The molecule has 0 spiro atoms. The average molecular weight is 263 g/mol. The fraction of sp³-hybridized carbons (Fsp3) is 1.00. The van der Waals surface area contributed by atoms with E-state index >= 15 is 0 Å². The fourth-order valence-corrected chi connectivity index (χ4v) is 1.70. The molecular weight excluding hydrogens is 254 g/mol. The van der Waals surface area contributed by atoms with Crippen LogP contribution in [0.3, 0.4) is 0 Å². The molecule has 0 amide bonds. The highest BCUT2D eigenvalue weighted by atomic mass is 79.9. The molecule has 0 fully saturated rings. The van der Waals surface area contributed by atoms with Gasteiger partial charge < -0.3 is 4.74 Å². The van der Waals surface area contributed by atoms with E-state index < -0.39 is 0 Å². The van der Waals surface area contributed by atoms with Crippen molar-refractivity contribution in [3.8, 4) is 0 Å². The van der Waals surface area contributed by atoms with Crippen molar-refractivity contribution in [3.63, 3.8) is 0 Å². The molecule has 59 valence electrons. The second-order valence-corrected chi connectivity index (χ2v) is 5.19. The molecule has 0 atom stereocenters. The third-order valence-electron chi connectivity index (χ3n) is 0.925. The highest BCUT2D eigenvalue weighted by Crippen LogP contribution is 1.99. The van der Waals surface area contributed by atoms with Crippen LogP contribution in [0.15, 0.2) is 0 Å². The van der Waals surface area contributed by atoms with Gasteiger partial charge in [0, 0.05) is 18.4 Å². The molecule has 0 aromatic heterocycles. The molecule has 0 unspecified atom stereocenters. The SMILES string of the molecule is ClCC(CCl)OC[CH2][Al][Br]. The summed E-state index contributed by atoms with van der Waals surface area (Å²) in [5.41, 5.74) is 0. The van der Waals surface area contributed by atoms with Crippen molar-refractivity contribution in [2.75, 3.05) is 18.4 Å². The first-order chi connectivity index (χ1) is 4.85. The molecule has 1 nitrogen and oxygen atoms in total. The molecule has 0 saturated carbocycles. The second-order valence-electron chi connectivity index (χ2n) is 1.74. The summed E-state index contributed by atoms with van der Waals surface area (Å²) in [6.45, 7) is 0.769. The Labute approximate surface area is 84.8 Å². The molecule has 10 heavy (non-hydrogen) atoms. The Morgan fingerprint density at radius 2 is 2.00 bits per heavy atom. The Morgan fingerprint density at radius 1 is 1.40 bits per heavy atom. The molecule has 0 aliphatic carbocycles. The summed E-state index contributed by atoms with van der Waals surface area (Å²) in [4.78, 5) is 0. The quantitative estimate of drug-likeness (QED) is 0.406. The van der Waals surface area contributed by atoms with Crippen LogP contribution in [-0.2, 0) is 4.74 Å². The molecule has 0 aliphatic rings. The molecule has 0 rings (SSSR count). The van der Waals surface area contributed by atoms with E-state index in [-0.39, 0.29) is 6.10 Å². The average Bonchev–Trinajstić information content (AvgIpc) is 1.99. The van der Waals surface area contributed by atoms with Crippen LogP contribution in [0.25, 0.3) is 0 Å². The minimum atomic E-state index is 0.0294. The van der Waals surface area contributed by atoms with Crippen molar-refractivity contribution < 1.29 is 4.74 Å². The maximum atomic E-state index is 5.53. The summed E-state index contributed by atoms with van der Waals surface area (Å²) in [6, 6.07) is 0. The molecule has 0 bridgehead atoms. The van der Waals surface area contributed by atoms with Crippen LogP contribution in [0, 0.1) is 0 Å². The number of rotatable bonds is 6. The zero-order valence-electron chi connectivity index (χ0n) is 5.53. The van der Waals surface area contributed by atoms with Crippen molar-refractivity contribution in [2.45, 2.75) is 11.4 Å². The lowest BCUT2D eigenvalue weighted by molar-refractivity contribution is 0.0948. The topological polar surface area (TPSA) is 9.23 Å². The van der Waals surface area contributed by atoms with E-state index in [0.717, 1.165) is 11.9 Å².